The predicted molar refractivity (Wildman–Crippen MR) is 82.8 cm³/mol. The first kappa shape index (κ1) is 17.3. The molecule has 1 aromatic heterocycles. The van der Waals surface area contributed by atoms with Crippen LogP contribution in [0, 0.1) is 0 Å². The van der Waals surface area contributed by atoms with Gasteiger partial charge in [-0.3, -0.25) is 4.79 Å². The highest BCUT2D eigenvalue weighted by Gasteiger charge is 2.29. The van der Waals surface area contributed by atoms with E-state index < -0.39 is 17.7 Å². The lowest BCUT2D eigenvalue weighted by Gasteiger charge is -2.31. The Labute approximate surface area is 135 Å². The molecule has 0 aliphatic carbocycles. The molecule has 1 N–H and O–H groups in total. The normalized spacial score (nSPS) is 16.7. The number of hydrogen-bond donors (Lipinski definition) is 1. The minimum atomic E-state index is -0.711. The Morgan fingerprint density at radius 2 is 2.04 bits per heavy atom. The number of morpholine rings is 1. The Kier molecular flexibility index (Phi) is 5.59. The molecule has 2 rings (SSSR count). The van der Waals surface area contributed by atoms with Gasteiger partial charge in [-0.15, -0.1) is 0 Å². The van der Waals surface area contributed by atoms with Crippen LogP contribution in [0.25, 0.3) is 0 Å². The highest BCUT2D eigenvalue weighted by molar-refractivity contribution is 5.85. The van der Waals surface area contributed by atoms with E-state index in [9.17, 15) is 9.59 Å². The van der Waals surface area contributed by atoms with Crippen LogP contribution in [0.5, 0.6) is 0 Å². The average molecular weight is 324 g/mol. The third-order valence-electron chi connectivity index (χ3n) is 3.26. The van der Waals surface area contributed by atoms with Crippen LogP contribution in [0.1, 0.15) is 20.8 Å². The Balaban J connectivity index is 2.04. The van der Waals surface area contributed by atoms with Crippen molar-refractivity contribution in [1.82, 2.24) is 19.8 Å². The molecule has 128 valence electrons. The van der Waals surface area contributed by atoms with Gasteiger partial charge < -0.3 is 24.3 Å². The summed E-state index contributed by atoms with van der Waals surface area (Å²) in [6.07, 6.45) is 4.38. The van der Waals surface area contributed by atoms with Crippen LogP contribution in [0.3, 0.4) is 0 Å². The number of carbonyl (C=O) groups excluding carboxylic acids is 2. The molecule has 8 heteroatoms. The summed E-state index contributed by atoms with van der Waals surface area (Å²) in [6.45, 7) is 7.70. The lowest BCUT2D eigenvalue weighted by Crippen LogP contribution is -2.53. The SMILES string of the molecule is CC(C)(C)OC(=O)N[C@@H](Cn1ccnc1)C(=O)N1CCOCC1. The molecule has 0 spiro atoms. The number of nitrogens with zero attached hydrogens (tertiary/aromatic N) is 3. The number of carbonyl (C=O) groups is 2. The summed E-state index contributed by atoms with van der Waals surface area (Å²) in [5.74, 6) is -0.146. The fourth-order valence-corrected chi connectivity index (χ4v) is 2.24. The summed E-state index contributed by atoms with van der Waals surface area (Å²) in [5, 5.41) is 2.67. The lowest BCUT2D eigenvalue weighted by atomic mass is 10.2. The zero-order valence-electron chi connectivity index (χ0n) is 13.8. The van der Waals surface area contributed by atoms with Crippen molar-refractivity contribution in [3.63, 3.8) is 0 Å². The van der Waals surface area contributed by atoms with Crippen LogP contribution < -0.4 is 5.32 Å². The van der Waals surface area contributed by atoms with Crippen molar-refractivity contribution in [3.8, 4) is 0 Å². The van der Waals surface area contributed by atoms with E-state index in [1.807, 2.05) is 0 Å². The topological polar surface area (TPSA) is 85.7 Å². The molecular weight excluding hydrogens is 300 g/mol. The van der Waals surface area contributed by atoms with Gasteiger partial charge >= 0.3 is 6.09 Å². The minimum absolute atomic E-state index is 0.146. The maximum absolute atomic E-state index is 12.7. The van der Waals surface area contributed by atoms with E-state index in [0.717, 1.165) is 0 Å². The molecule has 2 heterocycles. The molecule has 8 nitrogen and oxygen atoms in total. The van der Waals surface area contributed by atoms with Gasteiger partial charge in [0.2, 0.25) is 5.91 Å². The molecule has 0 radical (unpaired) electrons. The fraction of sp³-hybridized carbons (Fsp3) is 0.667. The number of imidazole rings is 1. The first-order valence-corrected chi connectivity index (χ1v) is 7.67. The Hall–Kier alpha value is -2.09. The van der Waals surface area contributed by atoms with Crippen molar-refractivity contribution >= 4 is 12.0 Å². The van der Waals surface area contributed by atoms with Crippen LogP contribution in [-0.4, -0.2) is 64.4 Å². The number of alkyl carbamates (subject to hydrolysis) is 1. The molecule has 0 saturated carbocycles. The van der Waals surface area contributed by atoms with Gasteiger partial charge in [-0.1, -0.05) is 0 Å². The van der Waals surface area contributed by atoms with Crippen LogP contribution >= 0.6 is 0 Å². The number of hydrogen-bond acceptors (Lipinski definition) is 5. The molecule has 0 unspecified atom stereocenters. The molecule has 1 fully saturated rings. The number of ether oxygens (including phenoxy) is 2. The van der Waals surface area contributed by atoms with Crippen molar-refractivity contribution < 1.29 is 19.1 Å². The van der Waals surface area contributed by atoms with Crippen molar-refractivity contribution in [2.24, 2.45) is 0 Å². The molecule has 1 saturated heterocycles. The summed E-state index contributed by atoms with van der Waals surface area (Å²) in [7, 11) is 0. The molecule has 1 aromatic rings. The number of aromatic nitrogens is 2. The average Bonchev–Trinajstić information content (AvgIpc) is 2.98. The van der Waals surface area contributed by atoms with Gasteiger partial charge in [0.25, 0.3) is 0 Å². The Morgan fingerprint density at radius 1 is 1.35 bits per heavy atom. The fourth-order valence-electron chi connectivity index (χ4n) is 2.24. The van der Waals surface area contributed by atoms with Crippen LogP contribution in [0.4, 0.5) is 4.79 Å². The largest absolute Gasteiger partial charge is 0.444 e. The summed E-state index contributed by atoms with van der Waals surface area (Å²) >= 11 is 0. The zero-order chi connectivity index (χ0) is 16.9. The lowest BCUT2D eigenvalue weighted by molar-refractivity contribution is -0.137. The minimum Gasteiger partial charge on any atom is -0.444 e. The molecule has 1 atom stereocenters. The summed E-state index contributed by atoms with van der Waals surface area (Å²) in [5.41, 5.74) is -0.619. The Bertz CT molecular complexity index is 518. The van der Waals surface area contributed by atoms with E-state index in [-0.39, 0.29) is 5.91 Å². The Morgan fingerprint density at radius 3 is 2.61 bits per heavy atom. The van der Waals surface area contributed by atoms with E-state index in [1.165, 1.54) is 0 Å². The van der Waals surface area contributed by atoms with Gasteiger partial charge in [-0.05, 0) is 20.8 Å². The highest BCUT2D eigenvalue weighted by atomic mass is 16.6. The zero-order valence-corrected chi connectivity index (χ0v) is 13.8. The summed E-state index contributed by atoms with van der Waals surface area (Å²) in [4.78, 5) is 30.4. The van der Waals surface area contributed by atoms with Crippen molar-refractivity contribution in [1.29, 1.82) is 0 Å². The number of amides is 2. The summed E-state index contributed by atoms with van der Waals surface area (Å²) in [6, 6.07) is -0.711. The molecule has 0 aromatic carbocycles. The van der Waals surface area contributed by atoms with Gasteiger partial charge in [-0.25, -0.2) is 9.78 Å². The molecule has 0 bridgehead atoms. The van der Waals surface area contributed by atoms with Crippen molar-refractivity contribution in [3.05, 3.63) is 18.7 Å². The van der Waals surface area contributed by atoms with Gasteiger partial charge in [0.05, 0.1) is 26.1 Å². The van der Waals surface area contributed by atoms with Gasteiger partial charge in [0.1, 0.15) is 11.6 Å². The van der Waals surface area contributed by atoms with E-state index in [1.54, 1.807) is 49.0 Å². The third kappa shape index (κ3) is 5.55. The van der Waals surface area contributed by atoms with E-state index in [0.29, 0.717) is 32.8 Å². The maximum atomic E-state index is 12.7. The first-order valence-electron chi connectivity index (χ1n) is 7.67. The van der Waals surface area contributed by atoms with Crippen LogP contribution in [-0.2, 0) is 20.8 Å². The molecule has 1 aliphatic rings. The second kappa shape index (κ2) is 7.45. The van der Waals surface area contributed by atoms with Gasteiger partial charge in [0, 0.05) is 25.5 Å². The maximum Gasteiger partial charge on any atom is 0.408 e. The van der Waals surface area contributed by atoms with Gasteiger partial charge in [-0.2, -0.15) is 0 Å². The molecule has 1 aliphatic heterocycles. The standard InChI is InChI=1S/C15H24N4O4/c1-15(2,3)23-14(21)17-12(10-18-5-4-16-11-18)13(20)19-6-8-22-9-7-19/h4-5,11-12H,6-10H2,1-3H3,(H,17,21)/t12-/m0/s1. The number of rotatable bonds is 4. The quantitative estimate of drug-likeness (QED) is 0.878. The van der Waals surface area contributed by atoms with Crippen LogP contribution in [0.2, 0.25) is 0 Å². The number of nitrogens with one attached hydrogen (secondary N) is 1. The highest BCUT2D eigenvalue weighted by Crippen LogP contribution is 2.08. The van der Waals surface area contributed by atoms with Crippen LogP contribution in [0.15, 0.2) is 18.7 Å². The molecule has 23 heavy (non-hydrogen) atoms. The van der Waals surface area contributed by atoms with E-state index >= 15 is 0 Å². The van der Waals surface area contributed by atoms with E-state index in [4.69, 9.17) is 9.47 Å². The third-order valence-corrected chi connectivity index (χ3v) is 3.26. The van der Waals surface area contributed by atoms with E-state index in [2.05, 4.69) is 10.3 Å². The van der Waals surface area contributed by atoms with Gasteiger partial charge in [0.15, 0.2) is 0 Å². The van der Waals surface area contributed by atoms with Crippen molar-refractivity contribution in [2.45, 2.75) is 39.0 Å². The predicted octanol–water partition coefficient (Wildman–Crippen LogP) is 0.635. The second-order valence-corrected chi connectivity index (χ2v) is 6.40. The van der Waals surface area contributed by atoms with Crippen molar-refractivity contribution in [2.75, 3.05) is 26.3 Å². The smallest absolute Gasteiger partial charge is 0.408 e. The molecule has 2 amide bonds. The monoisotopic (exact) mass is 324 g/mol. The molecular formula is C15H24N4O4. The first-order chi connectivity index (χ1) is 10.8. The second-order valence-electron chi connectivity index (χ2n) is 6.40. The summed E-state index contributed by atoms with van der Waals surface area (Å²) < 4.78 is 12.3.